The molecule has 1 aromatic carbocycles. The highest BCUT2D eigenvalue weighted by molar-refractivity contribution is 7.99. The zero-order valence-corrected chi connectivity index (χ0v) is 18.8. The molecule has 1 aromatic rings. The molecule has 0 amide bonds. The number of nitrogens with two attached hydrogens (primary N) is 1. The van der Waals surface area contributed by atoms with E-state index in [4.69, 9.17) is 26.8 Å². The van der Waals surface area contributed by atoms with Gasteiger partial charge >= 0.3 is 17.9 Å². The summed E-state index contributed by atoms with van der Waals surface area (Å²) in [7, 11) is 0. The minimum absolute atomic E-state index is 0.0840. The van der Waals surface area contributed by atoms with Crippen LogP contribution in [0.5, 0.6) is 0 Å². The normalized spacial score (nSPS) is 29.5. The molecule has 10 nitrogen and oxygen atoms in total. The third-order valence-corrected chi connectivity index (χ3v) is 7.19. The summed E-state index contributed by atoms with van der Waals surface area (Å²) in [5.41, 5.74) is 4.65. The molecule has 0 saturated heterocycles. The lowest BCUT2D eigenvalue weighted by molar-refractivity contribution is -0.170. The summed E-state index contributed by atoms with van der Waals surface area (Å²) < 4.78 is 32.2. The van der Waals surface area contributed by atoms with Crippen LogP contribution in [0.2, 0.25) is 5.02 Å². The van der Waals surface area contributed by atoms with Crippen LogP contribution in [0, 0.1) is 29.5 Å². The van der Waals surface area contributed by atoms with Crippen LogP contribution >= 0.6 is 23.4 Å². The second-order valence-electron chi connectivity index (χ2n) is 7.58. The molecule has 2 aliphatic rings. The number of aliphatic hydroxyl groups excluding tert-OH is 1. The number of ether oxygens (including phenoxy) is 4. The van der Waals surface area contributed by atoms with Gasteiger partial charge in [-0.3, -0.25) is 14.4 Å². The number of aliphatic hydroxyl groups is 1. The van der Waals surface area contributed by atoms with Crippen LogP contribution in [0.15, 0.2) is 23.1 Å². The van der Waals surface area contributed by atoms with Crippen molar-refractivity contribution in [2.24, 2.45) is 29.4 Å². The first-order valence-corrected chi connectivity index (χ1v) is 11.1. The second kappa shape index (κ2) is 10.2. The number of carbonyl (C=O) groups is 4. The minimum atomic E-state index is -1.81. The highest BCUT2D eigenvalue weighted by atomic mass is 35.5. The molecule has 0 unspecified atom stereocenters. The van der Waals surface area contributed by atoms with Crippen LogP contribution in [0.4, 0.5) is 4.39 Å². The molecule has 0 aliphatic heterocycles. The molecule has 0 spiro atoms. The number of hydrogen-bond donors (Lipinski definition) is 2. The Kier molecular flexibility index (Phi) is 7.83. The van der Waals surface area contributed by atoms with Crippen LogP contribution in [0.1, 0.15) is 6.92 Å². The maximum Gasteiger partial charge on any atom is 0.329 e. The van der Waals surface area contributed by atoms with Gasteiger partial charge in [0.1, 0.15) is 11.4 Å². The number of rotatable bonds is 10. The predicted molar refractivity (Wildman–Crippen MR) is 110 cm³/mol. The van der Waals surface area contributed by atoms with Gasteiger partial charge in [0.25, 0.3) is 6.47 Å². The van der Waals surface area contributed by atoms with Crippen molar-refractivity contribution in [2.45, 2.75) is 23.5 Å². The quantitative estimate of drug-likeness (QED) is 0.153. The van der Waals surface area contributed by atoms with Crippen molar-refractivity contribution in [3.8, 4) is 0 Å². The molecule has 0 heterocycles. The van der Waals surface area contributed by atoms with Crippen molar-refractivity contribution in [1.82, 2.24) is 0 Å². The van der Waals surface area contributed by atoms with E-state index in [9.17, 15) is 28.7 Å². The molecule has 2 saturated carbocycles. The van der Waals surface area contributed by atoms with Crippen molar-refractivity contribution in [3.05, 3.63) is 29.0 Å². The molecule has 3 rings (SSSR count). The molecule has 0 radical (unpaired) electrons. The van der Waals surface area contributed by atoms with Crippen LogP contribution in [-0.2, 0) is 38.1 Å². The predicted octanol–water partition coefficient (Wildman–Crippen LogP) is 0.859. The first kappa shape index (κ1) is 25.2. The van der Waals surface area contributed by atoms with Gasteiger partial charge in [0, 0.05) is 35.3 Å². The second-order valence-corrected chi connectivity index (χ2v) is 9.08. The Bertz CT molecular complexity index is 950. The molecular weight excluding hydrogens is 485 g/mol. The number of esters is 3. The van der Waals surface area contributed by atoms with Crippen LogP contribution < -0.4 is 5.73 Å². The summed E-state index contributed by atoms with van der Waals surface area (Å²) in [5.74, 6) is -6.16. The largest absolute Gasteiger partial charge is 0.430 e. The van der Waals surface area contributed by atoms with E-state index in [2.05, 4.69) is 9.47 Å². The topological polar surface area (TPSA) is 151 Å². The average Bonchev–Trinajstić information content (AvgIpc) is 3.47. The molecule has 33 heavy (non-hydrogen) atoms. The number of benzene rings is 1. The van der Waals surface area contributed by atoms with Gasteiger partial charge in [-0.25, -0.2) is 9.18 Å². The van der Waals surface area contributed by atoms with E-state index in [0.717, 1.165) is 6.92 Å². The lowest BCUT2D eigenvalue weighted by atomic mass is 9.81. The zero-order chi connectivity index (χ0) is 24.3. The maximum atomic E-state index is 13.4. The summed E-state index contributed by atoms with van der Waals surface area (Å²) >= 11 is 6.98. The Hall–Kier alpha value is -2.41. The fraction of sp³-hybridized carbons (Fsp3) is 0.500. The first-order valence-electron chi connectivity index (χ1n) is 9.70. The van der Waals surface area contributed by atoms with Crippen LogP contribution in [-0.4, -0.2) is 60.5 Å². The molecule has 0 bridgehead atoms. The van der Waals surface area contributed by atoms with Crippen LogP contribution in [0.3, 0.4) is 0 Å². The summed E-state index contributed by atoms with van der Waals surface area (Å²) in [6.45, 7) is -0.0766. The molecule has 2 aliphatic carbocycles. The number of halogens is 2. The van der Waals surface area contributed by atoms with Gasteiger partial charge in [-0.1, -0.05) is 11.6 Å². The third kappa shape index (κ3) is 5.08. The average molecular weight is 506 g/mol. The number of carbonyl (C=O) groups excluding carboxylic acids is 4. The summed E-state index contributed by atoms with van der Waals surface area (Å²) in [6, 6.07) is 4.06. The summed E-state index contributed by atoms with van der Waals surface area (Å²) in [6.07, 6.45) is -1.17. The Balaban J connectivity index is 1.76. The van der Waals surface area contributed by atoms with E-state index in [0.29, 0.717) is 4.90 Å². The SMILES string of the molecule is CC(=O)OCOC(=O)[C@H]1[C@@H]2[C@H](O)[C@@H](CSc3ccc(F)c(Cl)c3)[C@@](N)(C(=O)OCOC=O)[C@H]12. The van der Waals surface area contributed by atoms with Gasteiger partial charge in [0.2, 0.25) is 13.6 Å². The van der Waals surface area contributed by atoms with E-state index in [1.165, 1.54) is 30.0 Å². The van der Waals surface area contributed by atoms with Crippen molar-refractivity contribution < 1.29 is 47.6 Å². The zero-order valence-electron chi connectivity index (χ0n) is 17.3. The lowest BCUT2D eigenvalue weighted by Gasteiger charge is -2.34. The molecule has 180 valence electrons. The van der Waals surface area contributed by atoms with Crippen molar-refractivity contribution in [1.29, 1.82) is 0 Å². The van der Waals surface area contributed by atoms with Crippen LogP contribution in [0.25, 0.3) is 0 Å². The highest BCUT2D eigenvalue weighted by Gasteiger charge is 2.78. The van der Waals surface area contributed by atoms with E-state index >= 15 is 0 Å². The third-order valence-electron chi connectivity index (χ3n) is 5.78. The molecule has 2 fully saturated rings. The van der Waals surface area contributed by atoms with Gasteiger partial charge in [-0.15, -0.1) is 11.8 Å². The number of thioether (sulfide) groups is 1. The monoisotopic (exact) mass is 505 g/mol. The minimum Gasteiger partial charge on any atom is -0.430 e. The van der Waals surface area contributed by atoms with E-state index < -0.39 is 72.6 Å². The van der Waals surface area contributed by atoms with Crippen molar-refractivity contribution >= 4 is 47.7 Å². The molecular formula is C20H21ClFNO9S. The highest BCUT2D eigenvalue weighted by Crippen LogP contribution is 2.64. The van der Waals surface area contributed by atoms with E-state index in [1.807, 2.05) is 0 Å². The summed E-state index contributed by atoms with van der Waals surface area (Å²) in [5, 5.41) is 10.8. The lowest BCUT2D eigenvalue weighted by Crippen LogP contribution is -2.59. The van der Waals surface area contributed by atoms with Gasteiger partial charge in [-0.05, 0) is 18.2 Å². The smallest absolute Gasteiger partial charge is 0.329 e. The number of fused-ring (bicyclic) bond motifs is 1. The molecule has 13 heteroatoms. The number of hydrogen-bond acceptors (Lipinski definition) is 11. The first-order chi connectivity index (χ1) is 15.6. The van der Waals surface area contributed by atoms with Gasteiger partial charge in [0.05, 0.1) is 17.0 Å². The van der Waals surface area contributed by atoms with Crippen molar-refractivity contribution in [3.63, 3.8) is 0 Å². The van der Waals surface area contributed by atoms with Gasteiger partial charge in [-0.2, -0.15) is 0 Å². The molecule has 6 atom stereocenters. The van der Waals surface area contributed by atoms with E-state index in [-0.39, 0.29) is 17.2 Å². The van der Waals surface area contributed by atoms with E-state index in [1.54, 1.807) is 0 Å². The maximum absolute atomic E-state index is 13.4. The van der Waals surface area contributed by atoms with Gasteiger partial charge < -0.3 is 29.8 Å². The molecule has 0 aromatic heterocycles. The Morgan fingerprint density at radius 3 is 2.64 bits per heavy atom. The van der Waals surface area contributed by atoms with Crippen molar-refractivity contribution in [2.75, 3.05) is 19.3 Å². The fourth-order valence-corrected chi connectivity index (χ4v) is 5.72. The summed E-state index contributed by atoms with van der Waals surface area (Å²) in [4.78, 5) is 47.0. The Morgan fingerprint density at radius 2 is 2.00 bits per heavy atom. The fourth-order valence-electron chi connectivity index (χ4n) is 4.26. The standard InChI is InChI=1S/C20H21ClFNO9S/c1-9(25)30-8-31-18(27)15-14-16(15)20(23,19(28)32-7-29-6-24)11(17(14)26)5-33-10-2-3-13(22)12(21)4-10/h2-4,6,11,14-17,26H,5,7-8,23H2,1H3/t11-,14+,15+,16+,17-,20+/m1/s1. The Morgan fingerprint density at radius 1 is 1.27 bits per heavy atom. The molecule has 3 N–H and O–H groups in total. The van der Waals surface area contributed by atoms with Gasteiger partial charge in [0.15, 0.2) is 0 Å². The Labute approximate surface area is 196 Å².